The number of benzene rings is 2. The van der Waals surface area contributed by atoms with Crippen molar-refractivity contribution in [3.8, 4) is 22.3 Å². The molecule has 1 aromatic heterocycles. The Kier molecular flexibility index (Phi) is 7.36. The molecule has 0 aliphatic rings. The van der Waals surface area contributed by atoms with E-state index in [9.17, 15) is 4.39 Å². The molecule has 2 heteroatoms. The molecule has 0 unspecified atom stereocenters. The number of unbranched alkanes of at least 4 members (excludes halogenated alkanes) is 3. The molecule has 3 rings (SSSR count). The minimum absolute atomic E-state index is 0.146. The highest BCUT2D eigenvalue weighted by atomic mass is 19.1. The van der Waals surface area contributed by atoms with E-state index in [0.29, 0.717) is 5.56 Å². The van der Waals surface area contributed by atoms with Crippen LogP contribution >= 0.6 is 0 Å². The Balaban J connectivity index is 1.69. The second-order valence-electron chi connectivity index (χ2n) is 7.49. The summed E-state index contributed by atoms with van der Waals surface area (Å²) in [7, 11) is 0. The highest BCUT2D eigenvalue weighted by Gasteiger charge is 2.07. The zero-order valence-electron chi connectivity index (χ0n) is 17.0. The molecular weight excluding hydrogens is 345 g/mol. The fraction of sp³-hybridized carbons (Fsp3) is 0.346. The van der Waals surface area contributed by atoms with Gasteiger partial charge in [-0.3, -0.25) is 4.98 Å². The zero-order valence-corrected chi connectivity index (χ0v) is 17.0. The summed E-state index contributed by atoms with van der Waals surface area (Å²) in [6, 6.07) is 17.9. The second kappa shape index (κ2) is 10.2. The van der Waals surface area contributed by atoms with Crippen molar-refractivity contribution >= 4 is 0 Å². The molecule has 2 aromatic carbocycles. The van der Waals surface area contributed by atoms with Crippen LogP contribution in [0.25, 0.3) is 22.3 Å². The van der Waals surface area contributed by atoms with Crippen LogP contribution in [-0.4, -0.2) is 4.98 Å². The molecule has 1 nitrogen and oxygen atoms in total. The first-order valence-corrected chi connectivity index (χ1v) is 10.6. The van der Waals surface area contributed by atoms with Crippen LogP contribution in [0.3, 0.4) is 0 Å². The monoisotopic (exact) mass is 375 g/mol. The van der Waals surface area contributed by atoms with E-state index in [2.05, 4.69) is 31.0 Å². The fourth-order valence-corrected chi connectivity index (χ4v) is 3.56. The maximum atomic E-state index is 14.5. The first-order chi connectivity index (χ1) is 13.7. The van der Waals surface area contributed by atoms with Gasteiger partial charge in [-0.25, -0.2) is 4.39 Å². The lowest BCUT2D eigenvalue weighted by molar-refractivity contribution is 0.628. The molecule has 28 heavy (non-hydrogen) atoms. The molecule has 0 spiro atoms. The largest absolute Gasteiger partial charge is 0.261 e. The van der Waals surface area contributed by atoms with Crippen molar-refractivity contribution in [3.05, 3.63) is 77.9 Å². The average molecular weight is 376 g/mol. The van der Waals surface area contributed by atoms with E-state index in [1.54, 1.807) is 6.07 Å². The number of hydrogen-bond donors (Lipinski definition) is 0. The zero-order chi connectivity index (χ0) is 19.8. The third kappa shape index (κ3) is 5.28. The first kappa shape index (κ1) is 20.3. The lowest BCUT2D eigenvalue weighted by Gasteiger charge is -2.08. The Morgan fingerprint density at radius 1 is 0.714 bits per heavy atom. The van der Waals surface area contributed by atoms with Crippen LogP contribution in [0, 0.1) is 5.82 Å². The number of halogens is 1. The summed E-state index contributed by atoms with van der Waals surface area (Å²) < 4.78 is 14.5. The molecule has 0 fully saturated rings. The Morgan fingerprint density at radius 2 is 1.46 bits per heavy atom. The lowest BCUT2D eigenvalue weighted by Crippen LogP contribution is -1.91. The van der Waals surface area contributed by atoms with Crippen LogP contribution in [-0.2, 0) is 12.8 Å². The fourth-order valence-electron chi connectivity index (χ4n) is 3.56. The van der Waals surface area contributed by atoms with Gasteiger partial charge in [0.1, 0.15) is 5.82 Å². The van der Waals surface area contributed by atoms with Gasteiger partial charge >= 0.3 is 0 Å². The van der Waals surface area contributed by atoms with E-state index >= 15 is 0 Å². The molecule has 0 atom stereocenters. The number of nitrogens with zero attached hydrogens (tertiary/aromatic N) is 1. The minimum atomic E-state index is -0.146. The maximum Gasteiger partial charge on any atom is 0.131 e. The van der Waals surface area contributed by atoms with E-state index in [0.717, 1.165) is 47.2 Å². The molecule has 1 heterocycles. The molecule has 0 aliphatic heterocycles. The van der Waals surface area contributed by atoms with Gasteiger partial charge in [0, 0.05) is 23.0 Å². The number of hydrogen-bond acceptors (Lipinski definition) is 1. The van der Waals surface area contributed by atoms with Gasteiger partial charge in [0.15, 0.2) is 0 Å². The summed E-state index contributed by atoms with van der Waals surface area (Å²) in [4.78, 5) is 4.61. The van der Waals surface area contributed by atoms with Crippen LogP contribution in [0.1, 0.15) is 57.2 Å². The Bertz CT molecular complexity index is 866. The number of aromatic nitrogens is 1. The minimum Gasteiger partial charge on any atom is -0.261 e. The predicted octanol–water partition coefficient (Wildman–Crippen LogP) is 7.63. The van der Waals surface area contributed by atoms with Gasteiger partial charge in [-0.05, 0) is 48.1 Å². The summed E-state index contributed by atoms with van der Waals surface area (Å²) in [5.41, 5.74) is 5.99. The summed E-state index contributed by atoms with van der Waals surface area (Å²) >= 11 is 0. The Hall–Kier alpha value is -2.48. The molecule has 0 amide bonds. The summed E-state index contributed by atoms with van der Waals surface area (Å²) in [5.74, 6) is -0.146. The van der Waals surface area contributed by atoms with Gasteiger partial charge in [-0.15, -0.1) is 0 Å². The Morgan fingerprint density at radius 3 is 2.11 bits per heavy atom. The molecule has 0 aliphatic carbocycles. The van der Waals surface area contributed by atoms with E-state index < -0.39 is 0 Å². The summed E-state index contributed by atoms with van der Waals surface area (Å²) in [5, 5.41) is 0. The first-order valence-electron chi connectivity index (χ1n) is 10.6. The van der Waals surface area contributed by atoms with Gasteiger partial charge in [-0.2, -0.15) is 0 Å². The van der Waals surface area contributed by atoms with Gasteiger partial charge in [0.25, 0.3) is 0 Å². The second-order valence-corrected chi connectivity index (χ2v) is 7.49. The van der Waals surface area contributed by atoms with Gasteiger partial charge in [0.2, 0.25) is 0 Å². The topological polar surface area (TPSA) is 12.9 Å². The van der Waals surface area contributed by atoms with Crippen LogP contribution < -0.4 is 0 Å². The quantitative estimate of drug-likeness (QED) is 0.350. The van der Waals surface area contributed by atoms with Crippen LogP contribution in [0.2, 0.25) is 0 Å². The number of rotatable bonds is 9. The van der Waals surface area contributed by atoms with Crippen molar-refractivity contribution in [2.75, 3.05) is 0 Å². The van der Waals surface area contributed by atoms with Crippen molar-refractivity contribution in [2.24, 2.45) is 0 Å². The Labute approximate surface area is 168 Å². The normalized spacial score (nSPS) is 11.0. The summed E-state index contributed by atoms with van der Waals surface area (Å²) in [6.07, 6.45) is 9.98. The standard InChI is InChI=1S/C26H30FN/c1-3-5-6-7-9-24-16-15-23(19-28-24)21-11-13-22(14-12-21)25-17-10-20(8-4-2)18-26(25)27/h10-19H,3-9H2,1-2H3. The van der Waals surface area contributed by atoms with E-state index in [1.165, 1.54) is 25.7 Å². The SMILES string of the molecule is CCCCCCc1ccc(-c2ccc(-c3ccc(CCC)cc3F)cc2)cn1. The van der Waals surface area contributed by atoms with Crippen LogP contribution in [0.15, 0.2) is 60.8 Å². The third-order valence-electron chi connectivity index (χ3n) is 5.21. The highest BCUT2D eigenvalue weighted by molar-refractivity contribution is 5.70. The molecular formula is C26H30FN. The lowest BCUT2D eigenvalue weighted by atomic mass is 9.99. The maximum absolute atomic E-state index is 14.5. The van der Waals surface area contributed by atoms with E-state index in [1.807, 2.05) is 42.6 Å². The van der Waals surface area contributed by atoms with Crippen LogP contribution in [0.4, 0.5) is 4.39 Å². The molecule has 0 saturated heterocycles. The van der Waals surface area contributed by atoms with Crippen LogP contribution in [0.5, 0.6) is 0 Å². The molecule has 3 aromatic rings. The average Bonchev–Trinajstić information content (AvgIpc) is 2.72. The van der Waals surface area contributed by atoms with Crippen molar-refractivity contribution in [3.63, 3.8) is 0 Å². The smallest absolute Gasteiger partial charge is 0.131 e. The molecule has 0 N–H and O–H groups in total. The van der Waals surface area contributed by atoms with E-state index in [-0.39, 0.29) is 5.82 Å². The van der Waals surface area contributed by atoms with Crippen molar-refractivity contribution in [2.45, 2.75) is 58.8 Å². The molecule has 0 bridgehead atoms. The third-order valence-corrected chi connectivity index (χ3v) is 5.21. The number of pyridine rings is 1. The number of aryl methyl sites for hydroxylation is 2. The molecule has 0 saturated carbocycles. The molecule has 146 valence electrons. The molecule has 0 radical (unpaired) electrons. The summed E-state index contributed by atoms with van der Waals surface area (Å²) in [6.45, 7) is 4.34. The van der Waals surface area contributed by atoms with Gasteiger partial charge in [-0.1, -0.05) is 82.0 Å². The van der Waals surface area contributed by atoms with Crippen molar-refractivity contribution in [1.82, 2.24) is 4.98 Å². The van der Waals surface area contributed by atoms with E-state index in [4.69, 9.17) is 0 Å². The highest BCUT2D eigenvalue weighted by Crippen LogP contribution is 2.27. The van der Waals surface area contributed by atoms with Gasteiger partial charge < -0.3 is 0 Å². The van der Waals surface area contributed by atoms with Crippen molar-refractivity contribution < 1.29 is 4.39 Å². The predicted molar refractivity (Wildman–Crippen MR) is 117 cm³/mol. The van der Waals surface area contributed by atoms with Crippen molar-refractivity contribution in [1.29, 1.82) is 0 Å². The van der Waals surface area contributed by atoms with Gasteiger partial charge in [0.05, 0.1) is 0 Å².